The number of nitrogens with zero attached hydrogens (tertiary/aromatic N) is 6. The predicted molar refractivity (Wildman–Crippen MR) is 124 cm³/mol. The van der Waals surface area contributed by atoms with E-state index < -0.39 is 0 Å². The van der Waals surface area contributed by atoms with Crippen LogP contribution in [0.1, 0.15) is 43.0 Å². The molecule has 1 aliphatic carbocycles. The van der Waals surface area contributed by atoms with Crippen molar-refractivity contribution in [3.63, 3.8) is 0 Å². The average Bonchev–Trinajstić information content (AvgIpc) is 3.50. The number of aryl methyl sites for hydroxylation is 1. The van der Waals surface area contributed by atoms with Gasteiger partial charge in [0.15, 0.2) is 5.82 Å². The van der Waals surface area contributed by atoms with Crippen LogP contribution in [-0.2, 0) is 11.3 Å². The van der Waals surface area contributed by atoms with Gasteiger partial charge in [-0.25, -0.2) is 19.0 Å². The van der Waals surface area contributed by atoms with Crippen LogP contribution in [0, 0.1) is 12.7 Å². The van der Waals surface area contributed by atoms with Crippen molar-refractivity contribution in [3.05, 3.63) is 59.8 Å². The first-order valence-electron chi connectivity index (χ1n) is 11.7. The van der Waals surface area contributed by atoms with Gasteiger partial charge in [0.25, 0.3) is 0 Å². The van der Waals surface area contributed by atoms with Crippen LogP contribution in [0.25, 0.3) is 11.4 Å². The summed E-state index contributed by atoms with van der Waals surface area (Å²) >= 11 is 0. The number of anilines is 1. The Balaban J connectivity index is 1.30. The molecule has 3 heterocycles. The highest BCUT2D eigenvalue weighted by atomic mass is 19.1. The quantitative estimate of drug-likeness (QED) is 0.594. The van der Waals surface area contributed by atoms with Crippen LogP contribution in [0.3, 0.4) is 0 Å². The molecule has 0 unspecified atom stereocenters. The number of amides is 1. The van der Waals surface area contributed by atoms with Gasteiger partial charge in [-0.05, 0) is 61.7 Å². The van der Waals surface area contributed by atoms with E-state index in [9.17, 15) is 9.18 Å². The Morgan fingerprint density at radius 1 is 1.06 bits per heavy atom. The molecule has 1 saturated carbocycles. The number of pyridine rings is 1. The fraction of sp³-hybridized carbons (Fsp3) is 0.440. The van der Waals surface area contributed by atoms with E-state index in [1.165, 1.54) is 30.5 Å². The standard InChI is InChI=1S/C25H29FN6O/c1-18-10-11-27-22(16-18)30-12-14-31(15-13-30)23(33)17-32-25(20-4-2-3-5-20)28-24(29-32)19-6-8-21(26)9-7-19/h6-11,16,20H,2-5,12-15,17H2,1H3. The van der Waals surface area contributed by atoms with E-state index in [2.05, 4.69) is 28.0 Å². The summed E-state index contributed by atoms with van der Waals surface area (Å²) in [5.41, 5.74) is 1.95. The number of benzene rings is 1. The molecule has 1 aliphatic heterocycles. The third kappa shape index (κ3) is 4.74. The molecule has 0 spiro atoms. The molecule has 8 heteroatoms. The molecule has 0 N–H and O–H groups in total. The van der Waals surface area contributed by atoms with Crippen LogP contribution in [0.4, 0.5) is 10.2 Å². The van der Waals surface area contributed by atoms with E-state index in [4.69, 9.17) is 4.98 Å². The van der Waals surface area contributed by atoms with Crippen molar-refractivity contribution >= 4 is 11.7 Å². The summed E-state index contributed by atoms with van der Waals surface area (Å²) in [5.74, 6) is 2.49. The third-order valence-electron chi connectivity index (χ3n) is 6.67. The number of hydrogen-bond acceptors (Lipinski definition) is 5. The third-order valence-corrected chi connectivity index (χ3v) is 6.67. The highest BCUT2D eigenvalue weighted by Gasteiger charge is 2.27. The van der Waals surface area contributed by atoms with E-state index in [1.807, 2.05) is 17.2 Å². The Morgan fingerprint density at radius 3 is 2.48 bits per heavy atom. The first-order valence-corrected chi connectivity index (χ1v) is 11.7. The zero-order chi connectivity index (χ0) is 22.8. The number of piperazine rings is 1. The largest absolute Gasteiger partial charge is 0.353 e. The summed E-state index contributed by atoms with van der Waals surface area (Å²) in [6.07, 6.45) is 6.31. The van der Waals surface area contributed by atoms with Gasteiger partial charge in [-0.15, -0.1) is 0 Å². The van der Waals surface area contributed by atoms with Gasteiger partial charge in [0.2, 0.25) is 5.91 Å². The summed E-state index contributed by atoms with van der Waals surface area (Å²) < 4.78 is 15.1. The van der Waals surface area contributed by atoms with Crippen molar-refractivity contribution in [2.75, 3.05) is 31.1 Å². The Morgan fingerprint density at radius 2 is 1.79 bits per heavy atom. The van der Waals surface area contributed by atoms with Gasteiger partial charge in [0.1, 0.15) is 24.0 Å². The van der Waals surface area contributed by atoms with Crippen LogP contribution < -0.4 is 4.90 Å². The van der Waals surface area contributed by atoms with Crippen molar-refractivity contribution in [3.8, 4) is 11.4 Å². The highest BCUT2D eigenvalue weighted by molar-refractivity contribution is 5.76. The maximum atomic E-state index is 13.4. The molecule has 1 aromatic carbocycles. The smallest absolute Gasteiger partial charge is 0.244 e. The van der Waals surface area contributed by atoms with Gasteiger partial charge < -0.3 is 9.80 Å². The second kappa shape index (κ2) is 9.29. The summed E-state index contributed by atoms with van der Waals surface area (Å²) in [4.78, 5) is 26.6. The molecular formula is C25H29FN6O. The van der Waals surface area contributed by atoms with Gasteiger partial charge in [0.05, 0.1) is 0 Å². The normalized spacial score (nSPS) is 17.0. The predicted octanol–water partition coefficient (Wildman–Crippen LogP) is 3.79. The van der Waals surface area contributed by atoms with Crippen LogP contribution in [-0.4, -0.2) is 56.7 Å². The second-order valence-corrected chi connectivity index (χ2v) is 9.00. The fourth-order valence-electron chi connectivity index (χ4n) is 4.78. The lowest BCUT2D eigenvalue weighted by Crippen LogP contribution is -2.50. The molecule has 2 aromatic heterocycles. The minimum Gasteiger partial charge on any atom is -0.353 e. The van der Waals surface area contributed by atoms with E-state index in [0.29, 0.717) is 24.8 Å². The number of halogens is 1. The van der Waals surface area contributed by atoms with Crippen molar-refractivity contribution in [2.24, 2.45) is 0 Å². The van der Waals surface area contributed by atoms with Crippen LogP contribution in [0.5, 0.6) is 0 Å². The molecule has 5 rings (SSSR count). The number of rotatable bonds is 5. The van der Waals surface area contributed by atoms with Crippen LogP contribution in [0.15, 0.2) is 42.6 Å². The van der Waals surface area contributed by atoms with Gasteiger partial charge in [-0.1, -0.05) is 12.8 Å². The van der Waals surface area contributed by atoms with Gasteiger partial charge in [-0.2, -0.15) is 5.10 Å². The molecule has 1 amide bonds. The number of hydrogen-bond donors (Lipinski definition) is 0. The SMILES string of the molecule is Cc1ccnc(N2CCN(C(=O)Cn3nc(-c4ccc(F)cc4)nc3C3CCCC3)CC2)c1. The molecule has 7 nitrogen and oxygen atoms in total. The molecule has 2 fully saturated rings. The first kappa shape index (κ1) is 21.6. The maximum absolute atomic E-state index is 13.4. The zero-order valence-corrected chi connectivity index (χ0v) is 19.0. The second-order valence-electron chi connectivity index (χ2n) is 9.00. The van der Waals surface area contributed by atoms with Gasteiger partial charge in [0, 0.05) is 43.9 Å². The first-order chi connectivity index (χ1) is 16.1. The molecule has 0 atom stereocenters. The lowest BCUT2D eigenvalue weighted by atomic mass is 10.1. The van der Waals surface area contributed by atoms with Gasteiger partial charge in [-0.3, -0.25) is 4.79 Å². The van der Waals surface area contributed by atoms with E-state index in [0.717, 1.165) is 43.1 Å². The van der Waals surface area contributed by atoms with Crippen molar-refractivity contribution in [2.45, 2.75) is 45.1 Å². The Hall–Kier alpha value is -3.29. The molecule has 1 saturated heterocycles. The minimum atomic E-state index is -0.288. The lowest BCUT2D eigenvalue weighted by Gasteiger charge is -2.35. The molecule has 0 radical (unpaired) electrons. The average molecular weight is 449 g/mol. The topological polar surface area (TPSA) is 67.2 Å². The van der Waals surface area contributed by atoms with Crippen LogP contribution in [0.2, 0.25) is 0 Å². The molecule has 0 bridgehead atoms. The van der Waals surface area contributed by atoms with Gasteiger partial charge >= 0.3 is 0 Å². The maximum Gasteiger partial charge on any atom is 0.244 e. The monoisotopic (exact) mass is 448 g/mol. The Labute approximate surface area is 193 Å². The molecule has 33 heavy (non-hydrogen) atoms. The van der Waals surface area contributed by atoms with E-state index >= 15 is 0 Å². The molecular weight excluding hydrogens is 419 g/mol. The van der Waals surface area contributed by atoms with E-state index in [-0.39, 0.29) is 18.3 Å². The molecule has 2 aliphatic rings. The zero-order valence-electron chi connectivity index (χ0n) is 19.0. The summed E-state index contributed by atoms with van der Waals surface area (Å²) in [5, 5.41) is 4.68. The van der Waals surface area contributed by atoms with E-state index in [1.54, 1.807) is 16.8 Å². The van der Waals surface area contributed by atoms with Crippen LogP contribution >= 0.6 is 0 Å². The van der Waals surface area contributed by atoms with Crippen molar-refractivity contribution in [1.29, 1.82) is 0 Å². The number of aromatic nitrogens is 4. The molecule has 172 valence electrons. The number of carbonyl (C=O) groups excluding carboxylic acids is 1. The summed E-state index contributed by atoms with van der Waals surface area (Å²) in [7, 11) is 0. The Bertz CT molecular complexity index is 1110. The number of carbonyl (C=O) groups is 1. The van der Waals surface area contributed by atoms with Crippen molar-refractivity contribution in [1.82, 2.24) is 24.6 Å². The fourth-order valence-corrected chi connectivity index (χ4v) is 4.78. The summed E-state index contributed by atoms with van der Waals surface area (Å²) in [6.45, 7) is 5.08. The highest BCUT2D eigenvalue weighted by Crippen LogP contribution is 2.34. The molecule has 3 aromatic rings. The van der Waals surface area contributed by atoms with Crippen molar-refractivity contribution < 1.29 is 9.18 Å². The lowest BCUT2D eigenvalue weighted by molar-refractivity contribution is -0.132. The summed E-state index contributed by atoms with van der Waals surface area (Å²) in [6, 6.07) is 10.3. The minimum absolute atomic E-state index is 0.0571. The Kier molecular flexibility index (Phi) is 6.07.